The average Bonchev–Trinajstić information content (AvgIpc) is 3.80. The Morgan fingerprint density at radius 1 is 0.682 bits per heavy atom. The van der Waals surface area contributed by atoms with Gasteiger partial charge in [-0.25, -0.2) is 0 Å². The summed E-state index contributed by atoms with van der Waals surface area (Å²) in [6.45, 7) is 31.6. The Hall–Kier alpha value is -2.00. The number of carbonyl (C=O) groups is 2. The van der Waals surface area contributed by atoms with E-state index in [1.165, 1.54) is 13.1 Å². The number of benzene rings is 1. The number of hydrogen-bond donors (Lipinski definition) is 0. The van der Waals surface area contributed by atoms with Crippen LogP contribution in [0.4, 0.5) is 0 Å². The molecule has 5 aliphatic rings. The van der Waals surface area contributed by atoms with E-state index in [2.05, 4.69) is 51.3 Å². The van der Waals surface area contributed by atoms with E-state index in [-0.39, 0.29) is 5.91 Å². The number of hydrogen-bond acceptors (Lipinski definition) is 6. The van der Waals surface area contributed by atoms with Crippen molar-refractivity contribution in [1.82, 2.24) is 19.6 Å². The lowest BCUT2D eigenvalue weighted by Gasteiger charge is -2.29. The van der Waals surface area contributed by atoms with Crippen LogP contribution in [0.15, 0.2) is 24.3 Å². The molecule has 0 aliphatic carbocycles. The molecule has 0 spiro atoms. The molecule has 8 heteroatoms. The lowest BCUT2D eigenvalue weighted by molar-refractivity contribution is -0.129. The summed E-state index contributed by atoms with van der Waals surface area (Å²) in [6, 6.07) is 9.93. The van der Waals surface area contributed by atoms with Crippen LogP contribution in [0.3, 0.4) is 0 Å². The van der Waals surface area contributed by atoms with Gasteiger partial charge < -0.3 is 24.2 Å². The van der Waals surface area contributed by atoms with Gasteiger partial charge >= 0.3 is 0 Å². The Morgan fingerprint density at radius 3 is 1.64 bits per heavy atom. The number of ether oxygens (including phenoxy) is 2. The lowest BCUT2D eigenvalue weighted by atomic mass is 10.0. The predicted octanol–water partition coefficient (Wildman–Crippen LogP) is 5.79. The molecule has 4 fully saturated rings. The van der Waals surface area contributed by atoms with Crippen LogP contribution in [0.1, 0.15) is 98.0 Å². The summed E-state index contributed by atoms with van der Waals surface area (Å²) in [5.41, 5.74) is 2.03. The van der Waals surface area contributed by atoms with Crippen molar-refractivity contribution in [3.05, 3.63) is 35.4 Å². The highest BCUT2D eigenvalue weighted by atomic mass is 16.5. The second-order valence-electron chi connectivity index (χ2n) is 13.3. The Balaban J connectivity index is 0.000000203. The molecule has 0 bridgehead atoms. The molecule has 2 atom stereocenters. The lowest BCUT2D eigenvalue weighted by Crippen LogP contribution is -2.40. The molecular weight excluding hydrogens is 552 g/mol. The zero-order valence-corrected chi connectivity index (χ0v) is 29.7. The molecule has 2 unspecified atom stereocenters. The zero-order valence-electron chi connectivity index (χ0n) is 29.7. The fraction of sp³-hybridized carbons (Fsp3) is 0.778. The molecular formula is C36H64N4O4. The number of fused-ring (bicyclic) bond motifs is 2. The maximum atomic E-state index is 11.8. The number of rotatable bonds is 4. The van der Waals surface area contributed by atoms with Crippen LogP contribution in [-0.2, 0) is 20.8 Å². The molecule has 252 valence electrons. The van der Waals surface area contributed by atoms with Crippen molar-refractivity contribution in [2.45, 2.75) is 113 Å². The Kier molecular flexibility index (Phi) is 16.9. The van der Waals surface area contributed by atoms with E-state index < -0.39 is 0 Å². The standard InChI is InChI=1S/C11H13NO.C9H17NO.C7H15NO.C7H13NO.C2H6/c1-8(2)12-7-9-5-3-4-6-10(9)11(12)13;1-7(2)10-3-8-5-11-6-9(8)4-10;1-7(2)8-3-5-9-6-4-8;1-6(2)8-5-3-4-7(8)9;1-2/h3-6,8H,7H2,1-2H3;7-9H,3-6H2,1-2H3;7H,3-6H2,1-2H3;6H,3-5H2,1-2H3;1-2H3. The highest BCUT2D eigenvalue weighted by Crippen LogP contribution is 2.30. The van der Waals surface area contributed by atoms with E-state index in [4.69, 9.17) is 9.47 Å². The Labute approximate surface area is 269 Å². The first-order valence-electron chi connectivity index (χ1n) is 17.3. The summed E-state index contributed by atoms with van der Waals surface area (Å²) >= 11 is 0. The quantitative estimate of drug-likeness (QED) is 0.427. The summed E-state index contributed by atoms with van der Waals surface area (Å²) in [7, 11) is 0. The highest BCUT2D eigenvalue weighted by Gasteiger charge is 2.37. The third-order valence-corrected chi connectivity index (χ3v) is 8.98. The van der Waals surface area contributed by atoms with Crippen LogP contribution in [0, 0.1) is 11.8 Å². The van der Waals surface area contributed by atoms with Crippen LogP contribution >= 0.6 is 0 Å². The Bertz CT molecular complexity index is 965. The molecule has 0 saturated carbocycles. The molecule has 4 saturated heterocycles. The fourth-order valence-corrected chi connectivity index (χ4v) is 6.15. The first-order chi connectivity index (χ1) is 21.0. The summed E-state index contributed by atoms with van der Waals surface area (Å²) in [5, 5.41) is 0. The monoisotopic (exact) mass is 616 g/mol. The van der Waals surface area contributed by atoms with Gasteiger partial charge in [0.2, 0.25) is 5.91 Å². The van der Waals surface area contributed by atoms with Gasteiger partial charge in [0.1, 0.15) is 0 Å². The maximum Gasteiger partial charge on any atom is 0.254 e. The number of morpholine rings is 1. The van der Waals surface area contributed by atoms with Gasteiger partial charge in [0.05, 0.1) is 26.4 Å². The van der Waals surface area contributed by atoms with E-state index in [9.17, 15) is 9.59 Å². The molecule has 1 aromatic carbocycles. The maximum absolute atomic E-state index is 11.8. The van der Waals surface area contributed by atoms with Gasteiger partial charge in [0.15, 0.2) is 0 Å². The van der Waals surface area contributed by atoms with Crippen molar-refractivity contribution >= 4 is 11.8 Å². The van der Waals surface area contributed by atoms with Gasteiger partial charge in [-0.05, 0) is 73.4 Å². The van der Waals surface area contributed by atoms with Crippen molar-refractivity contribution in [2.75, 3.05) is 59.2 Å². The van der Waals surface area contributed by atoms with Crippen LogP contribution in [0.2, 0.25) is 0 Å². The van der Waals surface area contributed by atoms with E-state index in [0.717, 1.165) is 94.5 Å². The van der Waals surface area contributed by atoms with Gasteiger partial charge in [-0.2, -0.15) is 0 Å². The third kappa shape index (κ3) is 11.4. The first-order valence-corrected chi connectivity index (χ1v) is 17.3. The Morgan fingerprint density at radius 2 is 1.23 bits per heavy atom. The van der Waals surface area contributed by atoms with Crippen molar-refractivity contribution in [2.24, 2.45) is 11.8 Å². The second-order valence-corrected chi connectivity index (χ2v) is 13.3. The van der Waals surface area contributed by atoms with Gasteiger partial charge in [0.25, 0.3) is 5.91 Å². The van der Waals surface area contributed by atoms with Gasteiger partial charge in [-0.15, -0.1) is 0 Å². The topological polar surface area (TPSA) is 65.6 Å². The van der Waals surface area contributed by atoms with Gasteiger partial charge in [-0.1, -0.05) is 32.0 Å². The van der Waals surface area contributed by atoms with E-state index >= 15 is 0 Å². The van der Waals surface area contributed by atoms with Crippen molar-refractivity contribution < 1.29 is 19.1 Å². The molecule has 44 heavy (non-hydrogen) atoms. The van der Waals surface area contributed by atoms with Gasteiger partial charge in [-0.3, -0.25) is 14.5 Å². The van der Waals surface area contributed by atoms with Crippen molar-refractivity contribution in [3.8, 4) is 0 Å². The predicted molar refractivity (Wildman–Crippen MR) is 181 cm³/mol. The minimum atomic E-state index is 0.172. The number of amides is 2. The number of likely N-dealkylation sites (tertiary alicyclic amines) is 2. The van der Waals surface area contributed by atoms with Gasteiger partial charge in [0, 0.05) is 87.3 Å². The molecule has 8 nitrogen and oxygen atoms in total. The van der Waals surface area contributed by atoms with E-state index in [0.29, 0.717) is 24.0 Å². The largest absolute Gasteiger partial charge is 0.381 e. The summed E-state index contributed by atoms with van der Waals surface area (Å²) in [4.78, 5) is 31.5. The van der Waals surface area contributed by atoms with Crippen LogP contribution in [0.25, 0.3) is 0 Å². The molecule has 2 amide bonds. The molecule has 5 heterocycles. The van der Waals surface area contributed by atoms with Crippen LogP contribution < -0.4 is 0 Å². The molecule has 1 aromatic rings. The normalized spacial score (nSPS) is 23.0. The van der Waals surface area contributed by atoms with Crippen molar-refractivity contribution in [3.63, 3.8) is 0 Å². The minimum absolute atomic E-state index is 0.172. The first kappa shape index (κ1) is 38.2. The molecule has 5 aliphatic heterocycles. The molecule has 0 N–H and O–H groups in total. The molecule has 0 radical (unpaired) electrons. The average molecular weight is 617 g/mol. The van der Waals surface area contributed by atoms with Crippen LogP contribution in [0.5, 0.6) is 0 Å². The zero-order chi connectivity index (χ0) is 32.8. The second kappa shape index (κ2) is 19.5. The smallest absolute Gasteiger partial charge is 0.254 e. The van der Waals surface area contributed by atoms with Crippen molar-refractivity contribution in [1.29, 1.82) is 0 Å². The SMILES string of the molecule is CC.CC(C)N1CC2COCC2C1.CC(C)N1CCCC1=O.CC(C)N1CCOCC1.CC(C)N1Cc2ccccc2C1=O. The highest BCUT2D eigenvalue weighted by molar-refractivity contribution is 5.98. The van der Waals surface area contributed by atoms with E-state index in [1.807, 2.05) is 61.8 Å². The minimum Gasteiger partial charge on any atom is -0.381 e. The third-order valence-electron chi connectivity index (χ3n) is 8.98. The molecule has 0 aromatic heterocycles. The summed E-state index contributed by atoms with van der Waals surface area (Å²) in [6.07, 6.45) is 1.81. The summed E-state index contributed by atoms with van der Waals surface area (Å²) in [5.74, 6) is 2.19. The number of carbonyl (C=O) groups excluding carboxylic acids is 2. The molecule has 6 rings (SSSR count). The summed E-state index contributed by atoms with van der Waals surface area (Å²) < 4.78 is 10.6. The van der Waals surface area contributed by atoms with E-state index in [1.54, 1.807) is 0 Å². The number of nitrogens with zero attached hydrogens (tertiary/aromatic N) is 4. The van der Waals surface area contributed by atoms with Crippen LogP contribution in [-0.4, -0.2) is 115 Å². The fourth-order valence-electron chi connectivity index (χ4n) is 6.15.